The molecule has 3 nitrogen and oxygen atoms in total. The summed E-state index contributed by atoms with van der Waals surface area (Å²) in [6.45, 7) is 0. The summed E-state index contributed by atoms with van der Waals surface area (Å²) in [6, 6.07) is 3.63. The van der Waals surface area contributed by atoms with E-state index in [0.29, 0.717) is 10.3 Å². The molecule has 1 heterocycles. The molecule has 0 unspecified atom stereocenters. The molecule has 2 aromatic rings. The molecule has 0 bridgehead atoms. The number of aromatic hydroxyl groups is 2. The van der Waals surface area contributed by atoms with Crippen molar-refractivity contribution < 1.29 is 10.2 Å². The van der Waals surface area contributed by atoms with Crippen molar-refractivity contribution in [2.75, 3.05) is 6.26 Å². The summed E-state index contributed by atoms with van der Waals surface area (Å²) in [5.41, 5.74) is 0. The number of hydrogen-bond acceptors (Lipinski definition) is 4. The van der Waals surface area contributed by atoms with Crippen molar-refractivity contribution in [1.82, 2.24) is 4.98 Å². The number of fused-ring (bicyclic) bond motifs is 1. The zero-order chi connectivity index (χ0) is 10.1. The average molecular weight is 207 g/mol. The minimum atomic E-state index is -0.0973. The molecule has 14 heavy (non-hydrogen) atoms. The Morgan fingerprint density at radius 1 is 1.29 bits per heavy atom. The zero-order valence-electron chi connectivity index (χ0n) is 7.56. The van der Waals surface area contributed by atoms with Gasteiger partial charge in [0.2, 0.25) is 0 Å². The summed E-state index contributed by atoms with van der Waals surface area (Å²) in [6.07, 6.45) is 5.04. The molecule has 0 aliphatic rings. The van der Waals surface area contributed by atoms with E-state index >= 15 is 0 Å². The molecule has 0 atom stereocenters. The molecule has 1 aromatic carbocycles. The molecule has 4 heteroatoms. The molecule has 2 rings (SSSR count). The zero-order valence-corrected chi connectivity index (χ0v) is 8.38. The molecule has 0 aliphatic carbocycles. The van der Waals surface area contributed by atoms with Crippen molar-refractivity contribution in [1.29, 1.82) is 0 Å². The van der Waals surface area contributed by atoms with Crippen LogP contribution in [0, 0.1) is 0 Å². The van der Waals surface area contributed by atoms with Crippen LogP contribution in [0.4, 0.5) is 0 Å². The van der Waals surface area contributed by atoms with Gasteiger partial charge in [0.05, 0.1) is 4.90 Å². The van der Waals surface area contributed by atoms with Crippen molar-refractivity contribution in [3.8, 4) is 11.5 Å². The lowest BCUT2D eigenvalue weighted by Crippen LogP contribution is -1.80. The minimum absolute atomic E-state index is 0.0713. The standard InChI is InChI=1S/C10H9NO2S/c1-14-8-4-6-2-3-11-5-7(6)9(12)10(8)13/h2-5,12-13H,1H3. The van der Waals surface area contributed by atoms with E-state index in [1.165, 1.54) is 18.0 Å². The average Bonchev–Trinajstić information content (AvgIpc) is 2.23. The SMILES string of the molecule is CSc1cc2ccncc2c(O)c1O. The molecule has 72 valence electrons. The van der Waals surface area contributed by atoms with Gasteiger partial charge in [-0.1, -0.05) is 0 Å². The maximum absolute atomic E-state index is 9.67. The van der Waals surface area contributed by atoms with E-state index in [0.717, 1.165) is 5.39 Å². The number of thioether (sulfide) groups is 1. The first-order valence-electron chi connectivity index (χ1n) is 4.06. The van der Waals surface area contributed by atoms with E-state index in [4.69, 9.17) is 0 Å². The number of benzene rings is 1. The first-order chi connectivity index (χ1) is 6.74. The van der Waals surface area contributed by atoms with E-state index in [-0.39, 0.29) is 11.5 Å². The number of aromatic nitrogens is 1. The smallest absolute Gasteiger partial charge is 0.172 e. The summed E-state index contributed by atoms with van der Waals surface area (Å²) in [4.78, 5) is 4.56. The second-order valence-corrected chi connectivity index (χ2v) is 3.72. The van der Waals surface area contributed by atoms with Gasteiger partial charge in [0.1, 0.15) is 0 Å². The molecule has 0 saturated heterocycles. The third kappa shape index (κ3) is 1.28. The van der Waals surface area contributed by atoms with Crippen molar-refractivity contribution in [3.05, 3.63) is 24.5 Å². The summed E-state index contributed by atoms with van der Waals surface area (Å²) in [5.74, 6) is -0.169. The maximum Gasteiger partial charge on any atom is 0.172 e. The molecule has 0 radical (unpaired) electrons. The van der Waals surface area contributed by atoms with Crippen LogP contribution < -0.4 is 0 Å². The number of hydrogen-bond donors (Lipinski definition) is 2. The third-order valence-corrected chi connectivity index (χ3v) is 2.83. The van der Waals surface area contributed by atoms with Crippen LogP contribution in [-0.2, 0) is 0 Å². The van der Waals surface area contributed by atoms with Crippen LogP contribution in [0.5, 0.6) is 11.5 Å². The molecule has 0 spiro atoms. The van der Waals surface area contributed by atoms with E-state index in [1.807, 2.05) is 12.3 Å². The Bertz CT molecular complexity index is 485. The summed E-state index contributed by atoms with van der Waals surface area (Å²) >= 11 is 1.39. The molecular weight excluding hydrogens is 198 g/mol. The Morgan fingerprint density at radius 3 is 2.79 bits per heavy atom. The number of phenolic OH excluding ortho intramolecular Hbond substituents is 2. The van der Waals surface area contributed by atoms with Gasteiger partial charge in [0.25, 0.3) is 0 Å². The van der Waals surface area contributed by atoms with E-state index in [2.05, 4.69) is 4.98 Å². The van der Waals surface area contributed by atoms with Crippen LogP contribution in [0.3, 0.4) is 0 Å². The Hall–Kier alpha value is -1.42. The van der Waals surface area contributed by atoms with Crippen LogP contribution in [0.1, 0.15) is 0 Å². The fourth-order valence-corrected chi connectivity index (χ4v) is 1.87. The van der Waals surface area contributed by atoms with Gasteiger partial charge < -0.3 is 10.2 Å². The van der Waals surface area contributed by atoms with Crippen molar-refractivity contribution in [3.63, 3.8) is 0 Å². The van der Waals surface area contributed by atoms with Gasteiger partial charge in [0.15, 0.2) is 11.5 Å². The lowest BCUT2D eigenvalue weighted by molar-refractivity contribution is 0.399. The van der Waals surface area contributed by atoms with Crippen LogP contribution in [0.25, 0.3) is 10.8 Å². The van der Waals surface area contributed by atoms with Crippen molar-refractivity contribution >= 4 is 22.5 Å². The topological polar surface area (TPSA) is 53.4 Å². The second kappa shape index (κ2) is 3.38. The van der Waals surface area contributed by atoms with Crippen LogP contribution in [0.15, 0.2) is 29.4 Å². The van der Waals surface area contributed by atoms with Gasteiger partial charge in [-0.05, 0) is 23.8 Å². The second-order valence-electron chi connectivity index (χ2n) is 2.87. The van der Waals surface area contributed by atoms with Gasteiger partial charge in [-0.3, -0.25) is 4.98 Å². The van der Waals surface area contributed by atoms with Gasteiger partial charge in [-0.15, -0.1) is 11.8 Å². The number of pyridine rings is 1. The number of phenols is 2. The molecule has 0 saturated carbocycles. The molecule has 2 N–H and O–H groups in total. The third-order valence-electron chi connectivity index (χ3n) is 2.07. The molecule has 0 amide bonds. The molecule has 0 fully saturated rings. The van der Waals surface area contributed by atoms with Gasteiger partial charge in [-0.2, -0.15) is 0 Å². The van der Waals surface area contributed by atoms with Crippen LogP contribution in [0.2, 0.25) is 0 Å². The highest BCUT2D eigenvalue weighted by molar-refractivity contribution is 7.98. The van der Waals surface area contributed by atoms with Crippen LogP contribution >= 0.6 is 11.8 Å². The Morgan fingerprint density at radius 2 is 2.07 bits per heavy atom. The fraction of sp³-hybridized carbons (Fsp3) is 0.100. The summed E-state index contributed by atoms with van der Waals surface area (Å²) in [5, 5.41) is 20.7. The predicted molar refractivity (Wildman–Crippen MR) is 56.9 cm³/mol. The molecular formula is C10H9NO2S. The maximum atomic E-state index is 9.67. The van der Waals surface area contributed by atoms with Crippen molar-refractivity contribution in [2.24, 2.45) is 0 Å². The molecule has 1 aromatic heterocycles. The summed E-state index contributed by atoms with van der Waals surface area (Å²) < 4.78 is 0. The fourth-order valence-electron chi connectivity index (χ4n) is 1.34. The highest BCUT2D eigenvalue weighted by Gasteiger charge is 2.10. The number of nitrogens with zero attached hydrogens (tertiary/aromatic N) is 1. The normalized spacial score (nSPS) is 10.6. The highest BCUT2D eigenvalue weighted by atomic mass is 32.2. The highest BCUT2D eigenvalue weighted by Crippen LogP contribution is 2.40. The lowest BCUT2D eigenvalue weighted by Gasteiger charge is -2.06. The van der Waals surface area contributed by atoms with Crippen LogP contribution in [-0.4, -0.2) is 21.5 Å². The van der Waals surface area contributed by atoms with Crippen molar-refractivity contribution in [2.45, 2.75) is 4.90 Å². The monoisotopic (exact) mass is 207 g/mol. The van der Waals surface area contributed by atoms with Gasteiger partial charge >= 0.3 is 0 Å². The lowest BCUT2D eigenvalue weighted by atomic mass is 10.1. The van der Waals surface area contributed by atoms with E-state index in [9.17, 15) is 10.2 Å². The first kappa shape index (κ1) is 9.15. The van der Waals surface area contributed by atoms with Gasteiger partial charge in [0, 0.05) is 17.8 Å². The Balaban J connectivity index is 2.85. The first-order valence-corrected chi connectivity index (χ1v) is 5.29. The van der Waals surface area contributed by atoms with E-state index < -0.39 is 0 Å². The minimum Gasteiger partial charge on any atom is -0.504 e. The Kier molecular flexibility index (Phi) is 2.21. The predicted octanol–water partition coefficient (Wildman–Crippen LogP) is 2.37. The Labute approximate surface area is 85.4 Å². The summed E-state index contributed by atoms with van der Waals surface area (Å²) in [7, 11) is 0. The quantitative estimate of drug-likeness (QED) is 0.556. The largest absolute Gasteiger partial charge is 0.504 e. The van der Waals surface area contributed by atoms with E-state index in [1.54, 1.807) is 12.3 Å². The van der Waals surface area contributed by atoms with Gasteiger partial charge in [-0.25, -0.2) is 0 Å². The molecule has 0 aliphatic heterocycles. The number of rotatable bonds is 1.